The molecular weight excluding hydrogens is 246 g/mol. The smallest absolute Gasteiger partial charge is 0.319 e. The fourth-order valence-corrected chi connectivity index (χ4v) is 1.58. The van der Waals surface area contributed by atoms with Crippen molar-refractivity contribution in [3.63, 3.8) is 0 Å². The van der Waals surface area contributed by atoms with Gasteiger partial charge in [0.05, 0.1) is 6.42 Å². The van der Waals surface area contributed by atoms with Gasteiger partial charge in [-0.3, -0.25) is 4.79 Å². The first-order chi connectivity index (χ1) is 9.11. The number of aliphatic carboxylic acids is 1. The third-order valence-corrected chi connectivity index (χ3v) is 2.43. The predicted molar refractivity (Wildman–Crippen MR) is 73.3 cm³/mol. The van der Waals surface area contributed by atoms with Gasteiger partial charge in [0, 0.05) is 12.2 Å². The molecule has 19 heavy (non-hydrogen) atoms. The molecule has 0 atom stereocenters. The quantitative estimate of drug-likeness (QED) is 0.555. The maximum atomic E-state index is 11.6. The lowest BCUT2D eigenvalue weighted by atomic mass is 10.1. The largest absolute Gasteiger partial charge is 0.481 e. The highest BCUT2D eigenvalue weighted by atomic mass is 16.4. The van der Waals surface area contributed by atoms with E-state index in [1.807, 2.05) is 7.05 Å². The summed E-state index contributed by atoms with van der Waals surface area (Å²) >= 11 is 0. The van der Waals surface area contributed by atoms with Crippen LogP contribution in [0.3, 0.4) is 0 Å². The van der Waals surface area contributed by atoms with Crippen LogP contribution in [-0.4, -0.2) is 37.2 Å². The third kappa shape index (κ3) is 6.42. The molecule has 0 bridgehead atoms. The number of benzene rings is 1. The number of carbonyl (C=O) groups is 2. The van der Waals surface area contributed by atoms with Crippen LogP contribution in [0.1, 0.15) is 12.0 Å². The Hall–Kier alpha value is -2.08. The summed E-state index contributed by atoms with van der Waals surface area (Å²) in [5.74, 6) is -0.895. The third-order valence-electron chi connectivity index (χ3n) is 2.43. The van der Waals surface area contributed by atoms with E-state index in [1.54, 1.807) is 24.3 Å². The molecule has 0 heterocycles. The SMILES string of the molecule is CNCCCNC(=O)Nc1cccc(CC(=O)O)c1. The molecule has 0 aromatic heterocycles. The Morgan fingerprint density at radius 3 is 2.74 bits per heavy atom. The van der Waals surface area contributed by atoms with Crippen molar-refractivity contribution in [2.75, 3.05) is 25.5 Å². The molecule has 0 saturated heterocycles. The molecule has 0 fully saturated rings. The molecule has 0 aliphatic rings. The number of rotatable bonds is 7. The molecule has 0 spiro atoms. The van der Waals surface area contributed by atoms with Crippen LogP contribution in [0, 0.1) is 0 Å². The van der Waals surface area contributed by atoms with Crippen molar-refractivity contribution >= 4 is 17.7 Å². The van der Waals surface area contributed by atoms with Crippen molar-refractivity contribution in [2.24, 2.45) is 0 Å². The summed E-state index contributed by atoms with van der Waals surface area (Å²) in [7, 11) is 1.86. The standard InChI is InChI=1S/C13H19N3O3/c1-14-6-3-7-15-13(19)16-11-5-2-4-10(8-11)9-12(17)18/h2,4-5,8,14H,3,6-7,9H2,1H3,(H,17,18)(H2,15,16,19). The van der Waals surface area contributed by atoms with Crippen molar-refractivity contribution in [2.45, 2.75) is 12.8 Å². The van der Waals surface area contributed by atoms with Gasteiger partial charge in [0.1, 0.15) is 0 Å². The van der Waals surface area contributed by atoms with E-state index in [0.717, 1.165) is 13.0 Å². The van der Waals surface area contributed by atoms with E-state index < -0.39 is 5.97 Å². The molecular formula is C13H19N3O3. The number of carboxylic acids is 1. The maximum absolute atomic E-state index is 11.6. The number of nitrogens with one attached hydrogen (secondary N) is 3. The molecule has 1 aromatic rings. The summed E-state index contributed by atoms with van der Waals surface area (Å²) in [5, 5.41) is 17.1. The van der Waals surface area contributed by atoms with E-state index in [4.69, 9.17) is 5.11 Å². The lowest BCUT2D eigenvalue weighted by Crippen LogP contribution is -2.30. The predicted octanol–water partition coefficient (Wildman–Crippen LogP) is 1.04. The highest BCUT2D eigenvalue weighted by Gasteiger charge is 2.04. The van der Waals surface area contributed by atoms with E-state index in [9.17, 15) is 9.59 Å². The average Bonchev–Trinajstić information content (AvgIpc) is 2.34. The minimum Gasteiger partial charge on any atom is -0.481 e. The minimum absolute atomic E-state index is 0.0562. The molecule has 1 rings (SSSR count). The van der Waals surface area contributed by atoms with Crippen LogP contribution in [-0.2, 0) is 11.2 Å². The van der Waals surface area contributed by atoms with Crippen LogP contribution in [0.5, 0.6) is 0 Å². The molecule has 104 valence electrons. The van der Waals surface area contributed by atoms with Gasteiger partial charge in [-0.1, -0.05) is 12.1 Å². The molecule has 1 aromatic carbocycles. The van der Waals surface area contributed by atoms with Gasteiger partial charge in [0.2, 0.25) is 0 Å². The van der Waals surface area contributed by atoms with Crippen LogP contribution in [0.15, 0.2) is 24.3 Å². The second kappa shape index (κ2) is 8.10. The molecule has 6 nitrogen and oxygen atoms in total. The summed E-state index contributed by atoms with van der Waals surface area (Å²) in [4.78, 5) is 22.1. The van der Waals surface area contributed by atoms with Gasteiger partial charge in [-0.15, -0.1) is 0 Å². The number of hydrogen-bond donors (Lipinski definition) is 4. The van der Waals surface area contributed by atoms with E-state index in [2.05, 4.69) is 16.0 Å². The molecule has 0 radical (unpaired) electrons. The molecule has 0 aliphatic carbocycles. The zero-order valence-corrected chi connectivity index (χ0v) is 10.9. The molecule has 0 unspecified atom stereocenters. The zero-order valence-electron chi connectivity index (χ0n) is 10.9. The van der Waals surface area contributed by atoms with E-state index in [-0.39, 0.29) is 12.5 Å². The van der Waals surface area contributed by atoms with Crippen molar-refractivity contribution < 1.29 is 14.7 Å². The van der Waals surface area contributed by atoms with Gasteiger partial charge in [-0.05, 0) is 37.7 Å². The monoisotopic (exact) mass is 265 g/mol. The Labute approximate surface area is 112 Å². The molecule has 0 aliphatic heterocycles. The van der Waals surface area contributed by atoms with Crippen molar-refractivity contribution in [3.05, 3.63) is 29.8 Å². The summed E-state index contributed by atoms with van der Waals surface area (Å²) in [6.45, 7) is 1.43. The highest BCUT2D eigenvalue weighted by Crippen LogP contribution is 2.11. The first-order valence-electron chi connectivity index (χ1n) is 6.12. The summed E-state index contributed by atoms with van der Waals surface area (Å²) in [6, 6.07) is 6.52. The van der Waals surface area contributed by atoms with Crippen molar-refractivity contribution in [1.29, 1.82) is 0 Å². The first-order valence-corrected chi connectivity index (χ1v) is 6.12. The first kappa shape index (κ1) is 15.0. The highest BCUT2D eigenvalue weighted by molar-refractivity contribution is 5.89. The Morgan fingerprint density at radius 2 is 2.05 bits per heavy atom. The van der Waals surface area contributed by atoms with E-state index in [0.29, 0.717) is 17.8 Å². The van der Waals surface area contributed by atoms with Crippen LogP contribution < -0.4 is 16.0 Å². The fraction of sp³-hybridized carbons (Fsp3) is 0.385. The van der Waals surface area contributed by atoms with Gasteiger partial charge in [-0.2, -0.15) is 0 Å². The number of hydrogen-bond acceptors (Lipinski definition) is 3. The Kier molecular flexibility index (Phi) is 6.38. The second-order valence-corrected chi connectivity index (χ2v) is 4.11. The van der Waals surface area contributed by atoms with Gasteiger partial charge in [0.15, 0.2) is 0 Å². The van der Waals surface area contributed by atoms with Crippen LogP contribution >= 0.6 is 0 Å². The normalized spacial score (nSPS) is 9.95. The van der Waals surface area contributed by atoms with Crippen LogP contribution in [0.4, 0.5) is 10.5 Å². The Morgan fingerprint density at radius 1 is 1.26 bits per heavy atom. The molecule has 2 amide bonds. The number of anilines is 1. The van der Waals surface area contributed by atoms with Crippen LogP contribution in [0.25, 0.3) is 0 Å². The zero-order chi connectivity index (χ0) is 14.1. The van der Waals surface area contributed by atoms with Crippen molar-refractivity contribution in [3.8, 4) is 0 Å². The number of carboxylic acid groups (broad SMARTS) is 1. The fourth-order valence-electron chi connectivity index (χ4n) is 1.58. The Bertz CT molecular complexity index is 435. The van der Waals surface area contributed by atoms with Gasteiger partial charge >= 0.3 is 12.0 Å². The van der Waals surface area contributed by atoms with Crippen molar-refractivity contribution in [1.82, 2.24) is 10.6 Å². The summed E-state index contributed by atoms with van der Waals surface area (Å²) in [5.41, 5.74) is 1.24. The molecule has 6 heteroatoms. The van der Waals surface area contributed by atoms with Gasteiger partial charge < -0.3 is 21.1 Å². The van der Waals surface area contributed by atoms with Gasteiger partial charge in [-0.25, -0.2) is 4.79 Å². The number of carbonyl (C=O) groups excluding carboxylic acids is 1. The van der Waals surface area contributed by atoms with Gasteiger partial charge in [0.25, 0.3) is 0 Å². The second-order valence-electron chi connectivity index (χ2n) is 4.11. The number of amides is 2. The summed E-state index contributed by atoms with van der Waals surface area (Å²) in [6.07, 6.45) is 0.794. The molecule has 4 N–H and O–H groups in total. The van der Waals surface area contributed by atoms with E-state index >= 15 is 0 Å². The molecule has 0 saturated carbocycles. The number of urea groups is 1. The summed E-state index contributed by atoms with van der Waals surface area (Å²) < 4.78 is 0. The lowest BCUT2D eigenvalue weighted by Gasteiger charge is -2.08. The van der Waals surface area contributed by atoms with E-state index in [1.165, 1.54) is 0 Å². The van der Waals surface area contributed by atoms with Crippen LogP contribution in [0.2, 0.25) is 0 Å². The Balaban J connectivity index is 2.43. The minimum atomic E-state index is -0.895. The lowest BCUT2D eigenvalue weighted by molar-refractivity contribution is -0.136. The topological polar surface area (TPSA) is 90.5 Å². The average molecular weight is 265 g/mol. The maximum Gasteiger partial charge on any atom is 0.319 e.